The van der Waals surface area contributed by atoms with Crippen molar-refractivity contribution in [3.63, 3.8) is 0 Å². The summed E-state index contributed by atoms with van der Waals surface area (Å²) in [6.45, 7) is 3.68. The Morgan fingerprint density at radius 2 is 1.63 bits per heavy atom. The van der Waals surface area contributed by atoms with E-state index in [1.807, 2.05) is 13.8 Å². The fourth-order valence-corrected chi connectivity index (χ4v) is 2.85. The van der Waals surface area contributed by atoms with Crippen molar-refractivity contribution in [2.24, 2.45) is 5.73 Å². The van der Waals surface area contributed by atoms with Gasteiger partial charge in [0.15, 0.2) is 0 Å². The highest BCUT2D eigenvalue weighted by Gasteiger charge is 2.17. The van der Waals surface area contributed by atoms with Crippen molar-refractivity contribution in [2.75, 3.05) is 0 Å². The first kappa shape index (κ1) is 14.3. The van der Waals surface area contributed by atoms with Crippen LogP contribution in [0, 0.1) is 19.7 Å². The van der Waals surface area contributed by atoms with Crippen LogP contribution in [0.4, 0.5) is 4.39 Å². The lowest BCUT2D eigenvalue weighted by molar-refractivity contribution is 0.623. The van der Waals surface area contributed by atoms with Crippen LogP contribution >= 0.6 is 23.2 Å². The molecule has 0 heterocycles. The third-order valence-electron chi connectivity index (χ3n) is 3.17. The van der Waals surface area contributed by atoms with Gasteiger partial charge in [-0.2, -0.15) is 0 Å². The van der Waals surface area contributed by atoms with Gasteiger partial charge in [-0.15, -0.1) is 0 Å². The first-order valence-electron chi connectivity index (χ1n) is 5.87. The van der Waals surface area contributed by atoms with Gasteiger partial charge in [-0.25, -0.2) is 4.39 Å². The molecule has 2 aromatic rings. The molecule has 0 fully saturated rings. The maximum absolute atomic E-state index is 13.3. The van der Waals surface area contributed by atoms with E-state index in [-0.39, 0.29) is 5.82 Å². The van der Waals surface area contributed by atoms with E-state index in [9.17, 15) is 4.39 Å². The summed E-state index contributed by atoms with van der Waals surface area (Å²) in [6, 6.07) is 7.77. The molecule has 2 N–H and O–H groups in total. The van der Waals surface area contributed by atoms with E-state index >= 15 is 0 Å². The standard InChI is InChI=1S/C15H14Cl2FN/c1-8-5-11(18)6-9(2)14(8)15(19)12-4-3-10(16)7-13(12)17/h3-7,15H,19H2,1-2H3. The summed E-state index contributed by atoms with van der Waals surface area (Å²) in [7, 11) is 0. The van der Waals surface area contributed by atoms with Crippen molar-refractivity contribution >= 4 is 23.2 Å². The van der Waals surface area contributed by atoms with Crippen LogP contribution < -0.4 is 5.73 Å². The number of nitrogens with two attached hydrogens (primary N) is 1. The molecule has 0 aliphatic rings. The molecule has 19 heavy (non-hydrogen) atoms. The topological polar surface area (TPSA) is 26.0 Å². The molecule has 1 nitrogen and oxygen atoms in total. The molecule has 0 radical (unpaired) electrons. The number of benzene rings is 2. The molecule has 4 heteroatoms. The lowest BCUT2D eigenvalue weighted by atomic mass is 9.92. The van der Waals surface area contributed by atoms with Gasteiger partial charge in [-0.3, -0.25) is 0 Å². The van der Waals surface area contributed by atoms with Crippen LogP contribution in [0.2, 0.25) is 10.0 Å². The van der Waals surface area contributed by atoms with Gasteiger partial charge < -0.3 is 5.73 Å². The summed E-state index contributed by atoms with van der Waals surface area (Å²) >= 11 is 12.0. The van der Waals surface area contributed by atoms with Gasteiger partial charge in [0, 0.05) is 10.0 Å². The number of aryl methyl sites for hydroxylation is 2. The molecule has 0 saturated carbocycles. The molecule has 0 aliphatic heterocycles. The van der Waals surface area contributed by atoms with Crippen molar-refractivity contribution in [1.82, 2.24) is 0 Å². The van der Waals surface area contributed by atoms with Crippen LogP contribution in [0.1, 0.15) is 28.3 Å². The normalized spacial score (nSPS) is 12.5. The van der Waals surface area contributed by atoms with Gasteiger partial charge in [0.05, 0.1) is 6.04 Å². The van der Waals surface area contributed by atoms with Gasteiger partial charge in [0.2, 0.25) is 0 Å². The van der Waals surface area contributed by atoms with Crippen LogP contribution in [0.15, 0.2) is 30.3 Å². The second kappa shape index (κ2) is 5.49. The van der Waals surface area contributed by atoms with Crippen LogP contribution in [-0.2, 0) is 0 Å². The Hall–Kier alpha value is -1.09. The third-order valence-corrected chi connectivity index (χ3v) is 3.73. The minimum atomic E-state index is -0.398. The molecule has 2 rings (SSSR count). The molecule has 1 atom stereocenters. The van der Waals surface area contributed by atoms with Crippen molar-refractivity contribution < 1.29 is 4.39 Å². The van der Waals surface area contributed by atoms with Crippen molar-refractivity contribution in [1.29, 1.82) is 0 Å². The Labute approximate surface area is 122 Å². The lowest BCUT2D eigenvalue weighted by Crippen LogP contribution is -2.15. The highest BCUT2D eigenvalue weighted by Crippen LogP contribution is 2.32. The number of rotatable bonds is 2. The monoisotopic (exact) mass is 297 g/mol. The summed E-state index contributed by atoms with van der Waals surface area (Å²) < 4.78 is 13.3. The van der Waals surface area contributed by atoms with Crippen molar-refractivity contribution in [2.45, 2.75) is 19.9 Å². The molecule has 0 aliphatic carbocycles. The number of hydrogen-bond donors (Lipinski definition) is 1. The summed E-state index contributed by atoms with van der Waals surface area (Å²) in [5.41, 5.74) is 9.58. The molecule has 1 unspecified atom stereocenters. The molecular formula is C15H14Cl2FN. The van der Waals surface area contributed by atoms with Gasteiger partial charge in [-0.05, 0) is 60.4 Å². The van der Waals surface area contributed by atoms with E-state index in [0.717, 1.165) is 22.3 Å². The van der Waals surface area contributed by atoms with E-state index in [2.05, 4.69) is 0 Å². The minimum absolute atomic E-state index is 0.256. The Balaban J connectivity index is 2.53. The van der Waals surface area contributed by atoms with E-state index in [1.165, 1.54) is 12.1 Å². The first-order valence-corrected chi connectivity index (χ1v) is 6.63. The van der Waals surface area contributed by atoms with Crippen molar-refractivity contribution in [3.8, 4) is 0 Å². The lowest BCUT2D eigenvalue weighted by Gasteiger charge is -2.19. The third kappa shape index (κ3) is 2.92. The minimum Gasteiger partial charge on any atom is -0.320 e. The van der Waals surface area contributed by atoms with Crippen LogP contribution in [0.3, 0.4) is 0 Å². The SMILES string of the molecule is Cc1cc(F)cc(C)c1C(N)c1ccc(Cl)cc1Cl. The van der Waals surface area contributed by atoms with Gasteiger partial charge >= 0.3 is 0 Å². The number of halogens is 3. The maximum Gasteiger partial charge on any atom is 0.123 e. The highest BCUT2D eigenvalue weighted by molar-refractivity contribution is 6.35. The van der Waals surface area contributed by atoms with Gasteiger partial charge in [-0.1, -0.05) is 29.3 Å². The van der Waals surface area contributed by atoms with Crippen LogP contribution in [0.5, 0.6) is 0 Å². The zero-order chi connectivity index (χ0) is 14.2. The molecular weight excluding hydrogens is 284 g/mol. The van der Waals surface area contributed by atoms with Gasteiger partial charge in [0.25, 0.3) is 0 Å². The smallest absolute Gasteiger partial charge is 0.123 e. The van der Waals surface area contributed by atoms with Crippen molar-refractivity contribution in [3.05, 3.63) is 68.4 Å². The molecule has 0 saturated heterocycles. The van der Waals surface area contributed by atoms with E-state index in [1.54, 1.807) is 18.2 Å². The molecule has 100 valence electrons. The molecule has 0 bridgehead atoms. The Kier molecular flexibility index (Phi) is 4.14. The molecule has 0 amide bonds. The first-order chi connectivity index (χ1) is 8.90. The van der Waals surface area contributed by atoms with E-state index in [0.29, 0.717) is 10.0 Å². The van der Waals surface area contributed by atoms with Crippen LogP contribution in [0.25, 0.3) is 0 Å². The van der Waals surface area contributed by atoms with Crippen LogP contribution in [-0.4, -0.2) is 0 Å². The highest BCUT2D eigenvalue weighted by atomic mass is 35.5. The Bertz CT molecular complexity index is 603. The quantitative estimate of drug-likeness (QED) is 0.847. The maximum atomic E-state index is 13.3. The zero-order valence-electron chi connectivity index (χ0n) is 10.7. The average molecular weight is 298 g/mol. The summed E-state index contributed by atoms with van der Waals surface area (Å²) in [4.78, 5) is 0. The Morgan fingerprint density at radius 3 is 2.16 bits per heavy atom. The molecule has 0 spiro atoms. The van der Waals surface area contributed by atoms with E-state index in [4.69, 9.17) is 28.9 Å². The molecule has 2 aromatic carbocycles. The largest absolute Gasteiger partial charge is 0.320 e. The van der Waals surface area contributed by atoms with E-state index < -0.39 is 6.04 Å². The fourth-order valence-electron chi connectivity index (χ4n) is 2.32. The molecule has 0 aromatic heterocycles. The van der Waals surface area contributed by atoms with Gasteiger partial charge in [0.1, 0.15) is 5.82 Å². The fraction of sp³-hybridized carbons (Fsp3) is 0.200. The second-order valence-electron chi connectivity index (χ2n) is 4.60. The summed E-state index contributed by atoms with van der Waals surface area (Å²) in [5.74, 6) is -0.256. The average Bonchev–Trinajstić information content (AvgIpc) is 2.26. The predicted octanol–water partition coefficient (Wildman–Crippen LogP) is 4.80. The Morgan fingerprint density at radius 1 is 1.05 bits per heavy atom. The second-order valence-corrected chi connectivity index (χ2v) is 5.44. The number of hydrogen-bond acceptors (Lipinski definition) is 1. The summed E-state index contributed by atoms with van der Waals surface area (Å²) in [5, 5.41) is 1.08. The predicted molar refractivity (Wildman–Crippen MR) is 78.4 cm³/mol. The summed E-state index contributed by atoms with van der Waals surface area (Å²) in [6.07, 6.45) is 0. The zero-order valence-corrected chi connectivity index (χ0v) is 12.2.